The molecule has 0 spiro atoms. The van der Waals surface area contributed by atoms with Crippen LogP contribution in [0.2, 0.25) is 0 Å². The maximum absolute atomic E-state index is 12.2. The normalized spacial score (nSPS) is 14.6. The van der Waals surface area contributed by atoms with E-state index in [0.717, 1.165) is 0 Å². The van der Waals surface area contributed by atoms with Gasteiger partial charge in [-0.05, 0) is 13.8 Å². The van der Waals surface area contributed by atoms with E-state index in [9.17, 15) is 8.42 Å². The number of nitrogens with zero attached hydrogens (tertiary/aromatic N) is 2. The Bertz CT molecular complexity index is 355. The van der Waals surface area contributed by atoms with E-state index >= 15 is 0 Å². The fourth-order valence-corrected chi connectivity index (χ4v) is 2.94. The number of hydrogen-bond donors (Lipinski definition) is 1. The second-order valence-electron chi connectivity index (χ2n) is 4.37. The van der Waals surface area contributed by atoms with Crippen LogP contribution in [0.25, 0.3) is 0 Å². The summed E-state index contributed by atoms with van der Waals surface area (Å²) < 4.78 is 27.2. The molecule has 0 amide bonds. The highest BCUT2D eigenvalue weighted by molar-refractivity contribution is 7.86. The summed E-state index contributed by atoms with van der Waals surface area (Å²) >= 11 is 4.87. The van der Waals surface area contributed by atoms with Crippen molar-refractivity contribution in [3.63, 3.8) is 0 Å². The van der Waals surface area contributed by atoms with E-state index in [4.69, 9.17) is 18.0 Å². The van der Waals surface area contributed by atoms with Gasteiger partial charge in [-0.1, -0.05) is 26.1 Å². The van der Waals surface area contributed by atoms with Crippen molar-refractivity contribution in [2.45, 2.75) is 33.7 Å². The molecule has 0 saturated heterocycles. The summed E-state index contributed by atoms with van der Waals surface area (Å²) in [6.45, 7) is 8.04. The Morgan fingerprint density at radius 3 is 2.12 bits per heavy atom. The van der Waals surface area contributed by atoms with Gasteiger partial charge in [0.15, 0.2) is 0 Å². The molecule has 0 radical (unpaired) electrons. The molecule has 0 heterocycles. The first-order chi connectivity index (χ1) is 7.64. The minimum Gasteiger partial charge on any atom is -0.393 e. The topological polar surface area (TPSA) is 66.6 Å². The molecule has 0 aliphatic carbocycles. The van der Waals surface area contributed by atoms with Gasteiger partial charge in [-0.2, -0.15) is 17.0 Å². The van der Waals surface area contributed by atoms with Gasteiger partial charge < -0.3 is 5.73 Å². The largest absolute Gasteiger partial charge is 0.393 e. The number of rotatable bonds is 7. The first-order valence-electron chi connectivity index (χ1n) is 5.67. The molecule has 7 heteroatoms. The van der Waals surface area contributed by atoms with Crippen molar-refractivity contribution in [3.8, 4) is 0 Å². The van der Waals surface area contributed by atoms with E-state index in [1.54, 1.807) is 14.0 Å². The van der Waals surface area contributed by atoms with Crippen molar-refractivity contribution in [3.05, 3.63) is 0 Å². The lowest BCUT2D eigenvalue weighted by Gasteiger charge is -2.30. The molecule has 0 rings (SSSR count). The van der Waals surface area contributed by atoms with Crippen LogP contribution in [0, 0.1) is 5.92 Å². The first-order valence-corrected chi connectivity index (χ1v) is 7.47. The van der Waals surface area contributed by atoms with Gasteiger partial charge in [0.1, 0.15) is 0 Å². The van der Waals surface area contributed by atoms with Crippen LogP contribution in [-0.4, -0.2) is 48.2 Å². The summed E-state index contributed by atoms with van der Waals surface area (Å²) in [5.74, 6) is -0.125. The van der Waals surface area contributed by atoms with Crippen molar-refractivity contribution in [2.24, 2.45) is 11.7 Å². The van der Waals surface area contributed by atoms with Crippen molar-refractivity contribution in [1.82, 2.24) is 8.61 Å². The smallest absolute Gasteiger partial charge is 0.281 e. The highest BCUT2D eigenvalue weighted by Crippen LogP contribution is 2.12. The summed E-state index contributed by atoms with van der Waals surface area (Å²) in [7, 11) is -1.85. The Morgan fingerprint density at radius 1 is 1.35 bits per heavy atom. The van der Waals surface area contributed by atoms with Crippen LogP contribution in [0.3, 0.4) is 0 Å². The monoisotopic (exact) mass is 281 g/mol. The molecule has 0 aromatic rings. The fourth-order valence-electron chi connectivity index (χ4n) is 1.23. The minimum absolute atomic E-state index is 0.0748. The lowest BCUT2D eigenvalue weighted by Crippen LogP contribution is -2.47. The van der Waals surface area contributed by atoms with Gasteiger partial charge in [0.25, 0.3) is 10.2 Å². The van der Waals surface area contributed by atoms with E-state index in [1.165, 1.54) is 8.61 Å². The highest BCUT2D eigenvalue weighted by atomic mass is 32.2. The van der Waals surface area contributed by atoms with Gasteiger partial charge in [0.05, 0.1) is 4.99 Å². The zero-order chi connectivity index (χ0) is 13.8. The maximum atomic E-state index is 12.2. The van der Waals surface area contributed by atoms with E-state index in [-0.39, 0.29) is 12.0 Å². The highest BCUT2D eigenvalue weighted by Gasteiger charge is 2.28. The summed E-state index contributed by atoms with van der Waals surface area (Å²) in [5.41, 5.74) is 5.51. The molecule has 1 unspecified atom stereocenters. The molecule has 5 nitrogen and oxygen atoms in total. The summed E-state index contributed by atoms with van der Waals surface area (Å²) in [4.78, 5) is 0.339. The van der Waals surface area contributed by atoms with E-state index < -0.39 is 10.2 Å². The van der Waals surface area contributed by atoms with Crippen LogP contribution in [0.4, 0.5) is 0 Å². The molecule has 17 heavy (non-hydrogen) atoms. The third-order valence-corrected chi connectivity index (χ3v) is 5.35. The number of hydrogen-bond acceptors (Lipinski definition) is 3. The number of thiocarbonyl (C=S) groups is 1. The third-order valence-electron chi connectivity index (χ3n) is 2.73. The quantitative estimate of drug-likeness (QED) is 0.702. The minimum atomic E-state index is -3.43. The summed E-state index contributed by atoms with van der Waals surface area (Å²) in [6, 6.07) is -0.0748. The van der Waals surface area contributed by atoms with Crippen LogP contribution >= 0.6 is 12.2 Å². The predicted octanol–water partition coefficient (Wildman–Crippen LogP) is 0.816. The van der Waals surface area contributed by atoms with Gasteiger partial charge in [-0.25, -0.2) is 0 Å². The van der Waals surface area contributed by atoms with E-state index in [0.29, 0.717) is 18.1 Å². The fraction of sp³-hybridized carbons (Fsp3) is 0.900. The second kappa shape index (κ2) is 6.63. The molecule has 0 bridgehead atoms. The van der Waals surface area contributed by atoms with Gasteiger partial charge >= 0.3 is 0 Å². The molecule has 0 aromatic heterocycles. The lowest BCUT2D eigenvalue weighted by atomic mass is 10.2. The second-order valence-corrected chi connectivity index (χ2v) is 6.83. The Kier molecular flexibility index (Phi) is 6.53. The van der Waals surface area contributed by atoms with Crippen molar-refractivity contribution in [2.75, 3.05) is 20.1 Å². The zero-order valence-electron chi connectivity index (χ0n) is 11.2. The molecule has 2 N–H and O–H groups in total. The summed E-state index contributed by atoms with van der Waals surface area (Å²) in [6.07, 6.45) is 0. The van der Waals surface area contributed by atoms with Gasteiger partial charge in [0, 0.05) is 32.1 Å². The number of nitrogens with two attached hydrogens (primary N) is 1. The van der Waals surface area contributed by atoms with Crippen molar-refractivity contribution in [1.29, 1.82) is 0 Å². The lowest BCUT2D eigenvalue weighted by molar-refractivity contribution is 0.332. The third kappa shape index (κ3) is 4.50. The van der Waals surface area contributed by atoms with Gasteiger partial charge in [-0.3, -0.25) is 0 Å². The molecule has 0 aliphatic heterocycles. The summed E-state index contributed by atoms with van der Waals surface area (Å²) in [5, 5.41) is 0. The van der Waals surface area contributed by atoms with Crippen molar-refractivity contribution < 1.29 is 8.42 Å². The van der Waals surface area contributed by atoms with Gasteiger partial charge in [0.2, 0.25) is 0 Å². The molecular formula is C10H23N3O2S2. The molecule has 0 fully saturated rings. The van der Waals surface area contributed by atoms with Gasteiger partial charge in [-0.15, -0.1) is 0 Å². The first kappa shape index (κ1) is 16.8. The zero-order valence-corrected chi connectivity index (χ0v) is 12.8. The van der Waals surface area contributed by atoms with Crippen LogP contribution < -0.4 is 5.73 Å². The Labute approximate surface area is 110 Å². The van der Waals surface area contributed by atoms with Crippen LogP contribution in [0.5, 0.6) is 0 Å². The van der Waals surface area contributed by atoms with Crippen LogP contribution in [0.1, 0.15) is 27.7 Å². The molecule has 0 aromatic carbocycles. The van der Waals surface area contributed by atoms with E-state index in [1.807, 2.05) is 20.8 Å². The Hall–Kier alpha value is -0.240. The molecule has 102 valence electrons. The Balaban J connectivity index is 4.94. The predicted molar refractivity (Wildman–Crippen MR) is 75.0 cm³/mol. The van der Waals surface area contributed by atoms with E-state index in [2.05, 4.69) is 0 Å². The molecule has 0 aliphatic rings. The maximum Gasteiger partial charge on any atom is 0.281 e. The molecule has 0 saturated carbocycles. The van der Waals surface area contributed by atoms with Crippen LogP contribution in [-0.2, 0) is 10.2 Å². The van der Waals surface area contributed by atoms with Crippen molar-refractivity contribution >= 4 is 27.4 Å². The average molecular weight is 281 g/mol. The molecular weight excluding hydrogens is 258 g/mol. The Morgan fingerprint density at radius 2 is 1.82 bits per heavy atom. The van der Waals surface area contributed by atoms with Crippen LogP contribution in [0.15, 0.2) is 0 Å². The molecule has 1 atom stereocenters. The average Bonchev–Trinajstić information content (AvgIpc) is 2.23. The SMILES string of the molecule is CCN(CC(C)C(N)=S)S(=O)(=O)N(C)C(C)C. The standard InChI is InChI=1S/C10H23N3O2S2/c1-6-13(7-9(4)10(11)16)17(14,15)12(5)8(2)3/h8-9H,6-7H2,1-5H3,(H2,11,16).